The van der Waals surface area contributed by atoms with Crippen molar-refractivity contribution in [2.45, 2.75) is 6.42 Å². The van der Waals surface area contributed by atoms with Gasteiger partial charge in [0.05, 0.1) is 17.0 Å². The smallest absolute Gasteiger partial charge is 0.308 e. The Labute approximate surface area is 120 Å². The van der Waals surface area contributed by atoms with E-state index in [0.29, 0.717) is 29.4 Å². The van der Waals surface area contributed by atoms with Crippen molar-refractivity contribution in [2.24, 2.45) is 5.92 Å². The Balaban J connectivity index is 1.86. The molecule has 1 amide bonds. The first-order chi connectivity index (χ1) is 10.0. The molecule has 1 aromatic heterocycles. The highest BCUT2D eigenvalue weighted by Gasteiger charge is 2.31. The van der Waals surface area contributed by atoms with Crippen LogP contribution in [0.1, 0.15) is 16.8 Å². The third-order valence-electron chi connectivity index (χ3n) is 3.71. The van der Waals surface area contributed by atoms with Gasteiger partial charge in [0, 0.05) is 24.7 Å². The molecule has 0 saturated carbocycles. The summed E-state index contributed by atoms with van der Waals surface area (Å²) in [6, 6.07) is 5.77. The topological polar surface area (TPSA) is 70.5 Å². The van der Waals surface area contributed by atoms with Crippen LogP contribution in [0.25, 0.3) is 10.9 Å². The molecule has 1 saturated heterocycles. The molecule has 5 nitrogen and oxygen atoms in total. The molecule has 0 radical (unpaired) electrons. The fourth-order valence-corrected chi connectivity index (χ4v) is 2.55. The quantitative estimate of drug-likeness (QED) is 0.916. The monoisotopic (exact) mass is 288 g/mol. The lowest BCUT2D eigenvalue weighted by Crippen LogP contribution is -2.30. The Morgan fingerprint density at radius 1 is 1.33 bits per heavy atom. The summed E-state index contributed by atoms with van der Waals surface area (Å²) in [5, 5.41) is 9.51. The maximum atomic E-state index is 13.2. The van der Waals surface area contributed by atoms with E-state index in [9.17, 15) is 14.0 Å². The molecule has 21 heavy (non-hydrogen) atoms. The Morgan fingerprint density at radius 2 is 2.14 bits per heavy atom. The number of fused-ring (bicyclic) bond motifs is 1. The lowest BCUT2D eigenvalue weighted by atomic mass is 10.1. The van der Waals surface area contributed by atoms with E-state index >= 15 is 0 Å². The molecule has 1 unspecified atom stereocenters. The number of likely N-dealkylation sites (tertiary alicyclic amines) is 1. The lowest BCUT2D eigenvalue weighted by molar-refractivity contribution is -0.141. The number of rotatable bonds is 2. The average Bonchev–Trinajstić information content (AvgIpc) is 2.95. The number of nitrogens with zero attached hydrogens (tertiary/aromatic N) is 2. The second kappa shape index (κ2) is 5.12. The number of carbonyl (C=O) groups is 2. The van der Waals surface area contributed by atoms with Crippen LogP contribution in [0.5, 0.6) is 0 Å². The molecule has 0 bridgehead atoms. The van der Waals surface area contributed by atoms with Gasteiger partial charge in [-0.15, -0.1) is 0 Å². The van der Waals surface area contributed by atoms with Crippen LogP contribution in [0.4, 0.5) is 4.39 Å². The minimum absolute atomic E-state index is 0.204. The summed E-state index contributed by atoms with van der Waals surface area (Å²) in [7, 11) is 0. The van der Waals surface area contributed by atoms with Crippen LogP contribution < -0.4 is 0 Å². The third kappa shape index (κ3) is 2.56. The zero-order valence-electron chi connectivity index (χ0n) is 11.1. The number of aromatic nitrogens is 1. The van der Waals surface area contributed by atoms with Crippen LogP contribution in [-0.2, 0) is 4.79 Å². The molecule has 2 heterocycles. The second-order valence-corrected chi connectivity index (χ2v) is 5.14. The van der Waals surface area contributed by atoms with Crippen LogP contribution in [0.2, 0.25) is 0 Å². The predicted molar refractivity (Wildman–Crippen MR) is 73.3 cm³/mol. The van der Waals surface area contributed by atoms with Crippen molar-refractivity contribution in [3.05, 3.63) is 41.8 Å². The largest absolute Gasteiger partial charge is 0.481 e. The zero-order chi connectivity index (χ0) is 15.0. The molecule has 108 valence electrons. The number of carbonyl (C=O) groups excluding carboxylic acids is 1. The van der Waals surface area contributed by atoms with Crippen molar-refractivity contribution in [3.8, 4) is 0 Å². The lowest BCUT2D eigenvalue weighted by Gasteiger charge is -2.15. The summed E-state index contributed by atoms with van der Waals surface area (Å²) in [5.74, 6) is -2.05. The maximum Gasteiger partial charge on any atom is 0.308 e. The Morgan fingerprint density at radius 3 is 2.86 bits per heavy atom. The van der Waals surface area contributed by atoms with Gasteiger partial charge in [0.25, 0.3) is 5.91 Å². The summed E-state index contributed by atoms with van der Waals surface area (Å²) in [5.41, 5.74) is 0.955. The van der Waals surface area contributed by atoms with Crippen molar-refractivity contribution >= 4 is 22.8 Å². The van der Waals surface area contributed by atoms with E-state index in [1.54, 1.807) is 12.1 Å². The van der Waals surface area contributed by atoms with Gasteiger partial charge >= 0.3 is 5.97 Å². The average molecular weight is 288 g/mol. The van der Waals surface area contributed by atoms with Gasteiger partial charge < -0.3 is 10.0 Å². The molecule has 1 aliphatic heterocycles. The van der Waals surface area contributed by atoms with E-state index in [2.05, 4.69) is 4.98 Å². The summed E-state index contributed by atoms with van der Waals surface area (Å²) >= 11 is 0. The van der Waals surface area contributed by atoms with E-state index in [4.69, 9.17) is 5.11 Å². The van der Waals surface area contributed by atoms with Gasteiger partial charge in [-0.1, -0.05) is 0 Å². The van der Waals surface area contributed by atoms with Gasteiger partial charge in [0.1, 0.15) is 5.82 Å². The molecule has 1 fully saturated rings. The van der Waals surface area contributed by atoms with Crippen LogP contribution in [0.3, 0.4) is 0 Å². The molecular formula is C15H13FN2O3. The van der Waals surface area contributed by atoms with Gasteiger partial charge in [0.2, 0.25) is 0 Å². The van der Waals surface area contributed by atoms with E-state index in [1.165, 1.54) is 23.2 Å². The van der Waals surface area contributed by atoms with E-state index in [-0.39, 0.29) is 18.3 Å². The summed E-state index contributed by atoms with van der Waals surface area (Å²) in [6.45, 7) is 0.617. The number of hydrogen-bond donors (Lipinski definition) is 1. The molecule has 0 aliphatic carbocycles. The normalized spacial score (nSPS) is 18.1. The third-order valence-corrected chi connectivity index (χ3v) is 3.71. The molecule has 1 aliphatic rings. The molecule has 3 rings (SSSR count). The first-order valence-electron chi connectivity index (χ1n) is 6.62. The van der Waals surface area contributed by atoms with Gasteiger partial charge in [-0.2, -0.15) is 0 Å². The second-order valence-electron chi connectivity index (χ2n) is 5.14. The number of halogens is 1. The van der Waals surface area contributed by atoms with Gasteiger partial charge in [0.15, 0.2) is 0 Å². The number of amides is 1. The summed E-state index contributed by atoms with van der Waals surface area (Å²) < 4.78 is 13.2. The van der Waals surface area contributed by atoms with Crippen LogP contribution in [0, 0.1) is 11.7 Å². The Kier molecular flexibility index (Phi) is 3.29. The van der Waals surface area contributed by atoms with Gasteiger partial charge in [-0.3, -0.25) is 14.6 Å². The molecule has 1 N–H and O–H groups in total. The summed E-state index contributed by atoms with van der Waals surface area (Å²) in [6.07, 6.45) is 1.90. The Bertz CT molecular complexity index is 732. The molecule has 0 spiro atoms. The van der Waals surface area contributed by atoms with Crippen molar-refractivity contribution in [2.75, 3.05) is 13.1 Å². The number of carboxylic acid groups (broad SMARTS) is 1. The van der Waals surface area contributed by atoms with Crippen LogP contribution in [0.15, 0.2) is 30.5 Å². The first-order valence-corrected chi connectivity index (χ1v) is 6.62. The highest BCUT2D eigenvalue weighted by molar-refractivity contribution is 5.97. The molecule has 6 heteroatoms. The van der Waals surface area contributed by atoms with Crippen molar-refractivity contribution < 1.29 is 19.1 Å². The Hall–Kier alpha value is -2.50. The number of benzene rings is 1. The highest BCUT2D eigenvalue weighted by Crippen LogP contribution is 2.21. The molecular weight excluding hydrogens is 275 g/mol. The minimum atomic E-state index is -0.885. The van der Waals surface area contributed by atoms with Gasteiger partial charge in [-0.25, -0.2) is 4.39 Å². The standard InChI is InChI=1S/C15H13FN2O3/c16-12-1-2-13-10(6-12)5-11(7-17-13)14(19)18-4-3-9(8-18)15(20)21/h1-2,5-7,9H,3-4,8H2,(H,20,21). The van der Waals surface area contributed by atoms with Crippen molar-refractivity contribution in [1.82, 2.24) is 9.88 Å². The predicted octanol–water partition coefficient (Wildman–Crippen LogP) is 1.92. The number of carboxylic acids is 1. The molecule has 1 aromatic carbocycles. The highest BCUT2D eigenvalue weighted by atomic mass is 19.1. The number of pyridine rings is 1. The maximum absolute atomic E-state index is 13.2. The fourth-order valence-electron chi connectivity index (χ4n) is 2.55. The van der Waals surface area contributed by atoms with E-state index in [0.717, 1.165) is 0 Å². The number of hydrogen-bond acceptors (Lipinski definition) is 3. The van der Waals surface area contributed by atoms with E-state index < -0.39 is 11.9 Å². The van der Waals surface area contributed by atoms with Crippen LogP contribution in [-0.4, -0.2) is 40.0 Å². The first kappa shape index (κ1) is 13.5. The number of aliphatic carboxylic acids is 1. The van der Waals surface area contributed by atoms with Gasteiger partial charge in [-0.05, 0) is 30.7 Å². The summed E-state index contributed by atoms with van der Waals surface area (Å²) in [4.78, 5) is 28.9. The molecule has 1 atom stereocenters. The van der Waals surface area contributed by atoms with Crippen LogP contribution >= 0.6 is 0 Å². The fraction of sp³-hybridized carbons (Fsp3) is 0.267. The molecule has 2 aromatic rings. The SMILES string of the molecule is O=C(O)C1CCN(C(=O)c2cnc3ccc(F)cc3c2)C1. The van der Waals surface area contributed by atoms with Crippen molar-refractivity contribution in [3.63, 3.8) is 0 Å². The minimum Gasteiger partial charge on any atom is -0.481 e. The van der Waals surface area contributed by atoms with Crippen molar-refractivity contribution in [1.29, 1.82) is 0 Å². The zero-order valence-corrected chi connectivity index (χ0v) is 11.1. The van der Waals surface area contributed by atoms with E-state index in [1.807, 2.05) is 0 Å².